The van der Waals surface area contributed by atoms with Crippen molar-refractivity contribution >= 4 is 29.1 Å². The van der Waals surface area contributed by atoms with Gasteiger partial charge < -0.3 is 10.1 Å². The largest absolute Gasteiger partial charge is 0.479 e. The summed E-state index contributed by atoms with van der Waals surface area (Å²) in [6.45, 7) is 1.71. The van der Waals surface area contributed by atoms with Crippen LogP contribution in [0.2, 0.25) is 10.0 Å². The molecule has 0 spiro atoms. The number of ether oxygens (including phenoxy) is 1. The summed E-state index contributed by atoms with van der Waals surface area (Å²) in [4.78, 5) is 12.0. The van der Waals surface area contributed by atoms with E-state index in [1.807, 2.05) is 0 Å². The summed E-state index contributed by atoms with van der Waals surface area (Å²) in [5, 5.41) is 3.75. The lowest BCUT2D eigenvalue weighted by atomic mass is 10.2. The molecule has 0 aromatic heterocycles. The Morgan fingerprint density at radius 2 is 2.05 bits per heavy atom. The normalized spacial score (nSPS) is 17.2. The molecule has 1 fully saturated rings. The predicted molar refractivity (Wildman–Crippen MR) is 77.0 cm³/mol. The maximum Gasteiger partial charge on any atom is 0.260 e. The molecule has 0 radical (unpaired) electrons. The number of benzene rings is 1. The molecule has 19 heavy (non-hydrogen) atoms. The Balaban J connectivity index is 1.94. The zero-order valence-corrected chi connectivity index (χ0v) is 12.3. The molecule has 1 N–H and O–H groups in total. The highest BCUT2D eigenvalue weighted by Crippen LogP contribution is 2.32. The molecule has 0 saturated heterocycles. The minimum atomic E-state index is -0.587. The molecule has 1 saturated carbocycles. The van der Waals surface area contributed by atoms with E-state index in [1.165, 1.54) is 12.8 Å². The molecule has 1 aliphatic carbocycles. The summed E-state index contributed by atoms with van der Waals surface area (Å²) in [5.41, 5.74) is 0. The van der Waals surface area contributed by atoms with Crippen LogP contribution in [0.15, 0.2) is 18.2 Å². The van der Waals surface area contributed by atoms with Crippen LogP contribution in [0.25, 0.3) is 0 Å². The number of rotatable bonds is 4. The van der Waals surface area contributed by atoms with E-state index in [-0.39, 0.29) is 11.9 Å². The van der Waals surface area contributed by atoms with E-state index in [4.69, 9.17) is 27.9 Å². The van der Waals surface area contributed by atoms with Gasteiger partial charge in [0.25, 0.3) is 5.91 Å². The summed E-state index contributed by atoms with van der Waals surface area (Å²) in [7, 11) is 0. The van der Waals surface area contributed by atoms with Crippen molar-refractivity contribution in [1.82, 2.24) is 5.32 Å². The highest BCUT2D eigenvalue weighted by Gasteiger charge is 2.22. The zero-order valence-electron chi connectivity index (χ0n) is 10.8. The number of halogens is 2. The van der Waals surface area contributed by atoms with Crippen LogP contribution in [0.1, 0.15) is 32.6 Å². The minimum Gasteiger partial charge on any atom is -0.479 e. The van der Waals surface area contributed by atoms with Crippen molar-refractivity contribution in [2.75, 3.05) is 0 Å². The lowest BCUT2D eigenvalue weighted by Gasteiger charge is -2.18. The summed E-state index contributed by atoms with van der Waals surface area (Å²) in [6, 6.07) is 5.41. The Morgan fingerprint density at radius 3 is 2.74 bits per heavy atom. The van der Waals surface area contributed by atoms with Crippen LogP contribution in [0.4, 0.5) is 0 Å². The number of amides is 1. The third-order valence-corrected chi connectivity index (χ3v) is 4.09. The SMILES string of the molecule is C[C@H](Oc1cccc(Cl)c1Cl)C(=O)NC1CCCC1. The van der Waals surface area contributed by atoms with Crippen molar-refractivity contribution in [2.24, 2.45) is 0 Å². The van der Waals surface area contributed by atoms with Crippen LogP contribution in [-0.2, 0) is 4.79 Å². The van der Waals surface area contributed by atoms with Crippen molar-refractivity contribution < 1.29 is 9.53 Å². The first kappa shape index (κ1) is 14.5. The van der Waals surface area contributed by atoms with E-state index in [9.17, 15) is 4.79 Å². The maximum absolute atomic E-state index is 12.0. The predicted octanol–water partition coefficient (Wildman–Crippen LogP) is 3.82. The fourth-order valence-electron chi connectivity index (χ4n) is 2.21. The zero-order chi connectivity index (χ0) is 13.8. The first-order chi connectivity index (χ1) is 9.08. The lowest BCUT2D eigenvalue weighted by Crippen LogP contribution is -2.41. The van der Waals surface area contributed by atoms with Gasteiger partial charge >= 0.3 is 0 Å². The van der Waals surface area contributed by atoms with Crippen LogP contribution in [0.5, 0.6) is 5.75 Å². The molecule has 0 unspecified atom stereocenters. The van der Waals surface area contributed by atoms with E-state index in [2.05, 4.69) is 5.32 Å². The van der Waals surface area contributed by atoms with Gasteiger partial charge in [-0.25, -0.2) is 0 Å². The van der Waals surface area contributed by atoms with Gasteiger partial charge in [0.1, 0.15) is 10.8 Å². The molecule has 1 amide bonds. The molecule has 0 heterocycles. The van der Waals surface area contributed by atoms with Gasteiger partial charge in [0.05, 0.1) is 5.02 Å². The third kappa shape index (κ3) is 3.77. The number of hydrogen-bond acceptors (Lipinski definition) is 2. The van der Waals surface area contributed by atoms with E-state index in [0.29, 0.717) is 15.8 Å². The summed E-state index contributed by atoms with van der Waals surface area (Å²) < 4.78 is 5.57. The summed E-state index contributed by atoms with van der Waals surface area (Å²) in [5.74, 6) is 0.325. The van der Waals surface area contributed by atoms with Crippen LogP contribution in [0.3, 0.4) is 0 Å². The van der Waals surface area contributed by atoms with Crippen LogP contribution in [-0.4, -0.2) is 18.1 Å². The van der Waals surface area contributed by atoms with E-state index < -0.39 is 6.10 Å². The quantitative estimate of drug-likeness (QED) is 0.918. The van der Waals surface area contributed by atoms with Gasteiger partial charge in [0.2, 0.25) is 0 Å². The molecule has 3 nitrogen and oxygen atoms in total. The fraction of sp³-hybridized carbons (Fsp3) is 0.500. The number of carbonyl (C=O) groups excluding carboxylic acids is 1. The Bertz CT molecular complexity index is 459. The molecule has 2 rings (SSSR count). The van der Waals surface area contributed by atoms with E-state index in [1.54, 1.807) is 25.1 Å². The van der Waals surface area contributed by atoms with Gasteiger partial charge in [-0.3, -0.25) is 4.79 Å². The van der Waals surface area contributed by atoms with Gasteiger partial charge in [-0.05, 0) is 31.9 Å². The minimum absolute atomic E-state index is 0.108. The van der Waals surface area contributed by atoms with Gasteiger partial charge in [0.15, 0.2) is 6.10 Å². The highest BCUT2D eigenvalue weighted by molar-refractivity contribution is 6.42. The molecule has 0 bridgehead atoms. The van der Waals surface area contributed by atoms with Crippen LogP contribution < -0.4 is 10.1 Å². The number of carbonyl (C=O) groups is 1. The molecule has 5 heteroatoms. The smallest absolute Gasteiger partial charge is 0.260 e. The third-order valence-electron chi connectivity index (χ3n) is 3.29. The van der Waals surface area contributed by atoms with Crippen molar-refractivity contribution in [3.05, 3.63) is 28.2 Å². The second-order valence-electron chi connectivity index (χ2n) is 4.80. The summed E-state index contributed by atoms with van der Waals surface area (Å²) >= 11 is 11.9. The highest BCUT2D eigenvalue weighted by atomic mass is 35.5. The van der Waals surface area contributed by atoms with Crippen molar-refractivity contribution in [2.45, 2.75) is 44.8 Å². The molecular formula is C14H17Cl2NO2. The fourth-order valence-corrected chi connectivity index (χ4v) is 2.54. The average Bonchev–Trinajstić information content (AvgIpc) is 2.87. The van der Waals surface area contributed by atoms with Gasteiger partial charge in [-0.2, -0.15) is 0 Å². The Hall–Kier alpha value is -0.930. The first-order valence-electron chi connectivity index (χ1n) is 6.49. The van der Waals surface area contributed by atoms with Crippen molar-refractivity contribution in [1.29, 1.82) is 0 Å². The molecule has 0 aliphatic heterocycles. The van der Waals surface area contributed by atoms with Gasteiger partial charge in [-0.15, -0.1) is 0 Å². The molecule has 104 valence electrons. The second kappa shape index (κ2) is 6.49. The van der Waals surface area contributed by atoms with Gasteiger partial charge in [-0.1, -0.05) is 42.1 Å². The lowest BCUT2D eigenvalue weighted by molar-refractivity contribution is -0.127. The van der Waals surface area contributed by atoms with E-state index >= 15 is 0 Å². The Kier molecular flexibility index (Phi) is 4.94. The Morgan fingerprint density at radius 1 is 1.37 bits per heavy atom. The van der Waals surface area contributed by atoms with Crippen LogP contribution >= 0.6 is 23.2 Å². The van der Waals surface area contributed by atoms with Gasteiger partial charge in [0, 0.05) is 6.04 Å². The molecule has 1 aromatic carbocycles. The van der Waals surface area contributed by atoms with Crippen LogP contribution in [0, 0.1) is 0 Å². The molecule has 1 aromatic rings. The van der Waals surface area contributed by atoms with Crippen molar-refractivity contribution in [3.8, 4) is 5.75 Å². The number of hydrogen-bond donors (Lipinski definition) is 1. The van der Waals surface area contributed by atoms with E-state index in [0.717, 1.165) is 12.8 Å². The molecule has 1 aliphatic rings. The number of nitrogens with one attached hydrogen (secondary N) is 1. The monoisotopic (exact) mass is 301 g/mol. The molecule has 1 atom stereocenters. The second-order valence-corrected chi connectivity index (χ2v) is 5.59. The average molecular weight is 302 g/mol. The Labute approximate surface area is 123 Å². The molecular weight excluding hydrogens is 285 g/mol. The maximum atomic E-state index is 12.0. The topological polar surface area (TPSA) is 38.3 Å². The first-order valence-corrected chi connectivity index (χ1v) is 7.24. The van der Waals surface area contributed by atoms with Crippen molar-refractivity contribution in [3.63, 3.8) is 0 Å². The summed E-state index contributed by atoms with van der Waals surface area (Å²) in [6.07, 6.45) is 3.88. The standard InChI is InChI=1S/C14H17Cl2NO2/c1-9(14(18)17-10-5-2-3-6-10)19-12-8-4-7-11(15)13(12)16/h4,7-10H,2-3,5-6H2,1H3,(H,17,18)/t9-/m0/s1.